The van der Waals surface area contributed by atoms with Crippen LogP contribution in [-0.2, 0) is 19.4 Å². The van der Waals surface area contributed by atoms with Crippen molar-refractivity contribution >= 4 is 12.4 Å². The molecular formula is C9H16ClN3. The van der Waals surface area contributed by atoms with Crippen LogP contribution in [0.2, 0.25) is 0 Å². The lowest BCUT2D eigenvalue weighted by Crippen LogP contribution is -2.32. The number of aryl methyl sites for hydroxylation is 2. The van der Waals surface area contributed by atoms with Gasteiger partial charge in [0.2, 0.25) is 0 Å². The second-order valence-corrected chi connectivity index (χ2v) is 3.43. The van der Waals surface area contributed by atoms with Gasteiger partial charge >= 0.3 is 0 Å². The van der Waals surface area contributed by atoms with Crippen molar-refractivity contribution in [1.82, 2.24) is 9.55 Å². The van der Waals surface area contributed by atoms with E-state index in [4.69, 9.17) is 5.73 Å². The van der Waals surface area contributed by atoms with Crippen LogP contribution >= 0.6 is 12.4 Å². The molecule has 0 fully saturated rings. The van der Waals surface area contributed by atoms with E-state index >= 15 is 0 Å². The average molecular weight is 202 g/mol. The van der Waals surface area contributed by atoms with E-state index < -0.39 is 0 Å². The van der Waals surface area contributed by atoms with Crippen LogP contribution in [0.1, 0.15) is 24.9 Å². The average Bonchev–Trinajstić information content (AvgIpc) is 2.46. The van der Waals surface area contributed by atoms with E-state index in [2.05, 4.69) is 16.5 Å². The molecule has 0 saturated carbocycles. The molecule has 0 spiro atoms. The molecule has 0 radical (unpaired) electrons. The highest BCUT2D eigenvalue weighted by atomic mass is 35.5. The molecule has 0 saturated heterocycles. The summed E-state index contributed by atoms with van der Waals surface area (Å²) in [6.07, 6.45) is 5.19. The summed E-state index contributed by atoms with van der Waals surface area (Å²) in [4.78, 5) is 4.36. The minimum Gasteiger partial charge on any atom is -0.331 e. The normalized spacial score (nSPS) is 20.6. The molecule has 1 unspecified atom stereocenters. The molecule has 74 valence electrons. The Bertz CT molecular complexity index is 269. The van der Waals surface area contributed by atoms with E-state index in [-0.39, 0.29) is 12.4 Å². The highest BCUT2D eigenvalue weighted by molar-refractivity contribution is 5.85. The van der Waals surface area contributed by atoms with Crippen LogP contribution in [0.4, 0.5) is 0 Å². The Labute approximate surface area is 84.7 Å². The molecule has 1 atom stereocenters. The highest BCUT2D eigenvalue weighted by Crippen LogP contribution is 2.15. The van der Waals surface area contributed by atoms with Gasteiger partial charge in [0.05, 0.1) is 0 Å². The lowest BCUT2D eigenvalue weighted by molar-refractivity contribution is 0.450. The summed E-state index contributed by atoms with van der Waals surface area (Å²) in [5, 5.41) is 0. The molecule has 1 aromatic rings. The number of hydrogen-bond acceptors (Lipinski definition) is 2. The maximum absolute atomic E-state index is 5.88. The van der Waals surface area contributed by atoms with Crippen molar-refractivity contribution in [3.05, 3.63) is 17.7 Å². The standard InChI is InChI=1S/C9H15N3.ClH/c1-2-9-11-5-8-4-3-7(10)6-12(8)9;/h5,7H,2-4,6,10H2,1H3;1H. The van der Waals surface area contributed by atoms with Gasteiger partial charge in [0, 0.05) is 30.9 Å². The van der Waals surface area contributed by atoms with Crippen LogP contribution in [0, 0.1) is 0 Å². The second kappa shape index (κ2) is 4.11. The van der Waals surface area contributed by atoms with Crippen LogP contribution < -0.4 is 5.73 Å². The number of imidazole rings is 1. The molecule has 1 aliphatic rings. The Balaban J connectivity index is 0.000000845. The SMILES string of the molecule is CCc1ncc2n1CC(N)CC2.Cl. The van der Waals surface area contributed by atoms with Gasteiger partial charge in [-0.2, -0.15) is 0 Å². The van der Waals surface area contributed by atoms with Crippen LogP contribution in [0.25, 0.3) is 0 Å². The van der Waals surface area contributed by atoms with Crippen molar-refractivity contribution in [1.29, 1.82) is 0 Å². The fourth-order valence-corrected chi connectivity index (χ4v) is 1.82. The van der Waals surface area contributed by atoms with Crippen molar-refractivity contribution in [3.8, 4) is 0 Å². The van der Waals surface area contributed by atoms with E-state index in [1.165, 1.54) is 11.5 Å². The van der Waals surface area contributed by atoms with Gasteiger partial charge < -0.3 is 10.3 Å². The van der Waals surface area contributed by atoms with Gasteiger partial charge in [0.25, 0.3) is 0 Å². The van der Waals surface area contributed by atoms with Crippen molar-refractivity contribution < 1.29 is 0 Å². The number of nitrogens with zero attached hydrogens (tertiary/aromatic N) is 2. The van der Waals surface area contributed by atoms with Crippen molar-refractivity contribution in [2.45, 2.75) is 38.8 Å². The Morgan fingerprint density at radius 3 is 3.15 bits per heavy atom. The lowest BCUT2D eigenvalue weighted by atomic mass is 10.1. The molecular weight excluding hydrogens is 186 g/mol. The first kappa shape index (κ1) is 10.5. The minimum absolute atomic E-state index is 0. The van der Waals surface area contributed by atoms with Gasteiger partial charge in [-0.1, -0.05) is 6.92 Å². The van der Waals surface area contributed by atoms with Gasteiger partial charge in [0.15, 0.2) is 0 Å². The predicted octanol–water partition coefficient (Wildman–Crippen LogP) is 1.14. The fourth-order valence-electron chi connectivity index (χ4n) is 1.82. The summed E-state index contributed by atoms with van der Waals surface area (Å²) in [5.41, 5.74) is 7.24. The summed E-state index contributed by atoms with van der Waals surface area (Å²) >= 11 is 0. The first-order valence-corrected chi connectivity index (χ1v) is 4.60. The lowest BCUT2D eigenvalue weighted by Gasteiger charge is -2.21. The molecule has 4 heteroatoms. The molecule has 0 bridgehead atoms. The zero-order valence-electron chi connectivity index (χ0n) is 7.86. The van der Waals surface area contributed by atoms with E-state index in [1.807, 2.05) is 6.20 Å². The van der Waals surface area contributed by atoms with Crippen LogP contribution in [0.15, 0.2) is 6.20 Å². The molecule has 0 amide bonds. The minimum atomic E-state index is 0. The molecule has 2 rings (SSSR count). The summed E-state index contributed by atoms with van der Waals surface area (Å²) < 4.78 is 2.27. The third-order valence-electron chi connectivity index (χ3n) is 2.53. The molecule has 2 heterocycles. The maximum Gasteiger partial charge on any atom is 0.108 e. The quantitative estimate of drug-likeness (QED) is 0.741. The first-order valence-electron chi connectivity index (χ1n) is 4.60. The maximum atomic E-state index is 5.88. The van der Waals surface area contributed by atoms with Gasteiger partial charge in [-0.25, -0.2) is 4.98 Å². The van der Waals surface area contributed by atoms with Crippen molar-refractivity contribution in [3.63, 3.8) is 0 Å². The van der Waals surface area contributed by atoms with E-state index in [0.29, 0.717) is 6.04 Å². The molecule has 1 aliphatic heterocycles. The smallest absolute Gasteiger partial charge is 0.108 e. The third kappa shape index (κ3) is 1.86. The largest absolute Gasteiger partial charge is 0.331 e. The molecule has 0 aliphatic carbocycles. The van der Waals surface area contributed by atoms with Gasteiger partial charge in [-0.15, -0.1) is 12.4 Å². The zero-order valence-corrected chi connectivity index (χ0v) is 8.68. The number of fused-ring (bicyclic) bond motifs is 1. The Morgan fingerprint density at radius 1 is 1.69 bits per heavy atom. The molecule has 13 heavy (non-hydrogen) atoms. The van der Waals surface area contributed by atoms with E-state index in [1.54, 1.807) is 0 Å². The second-order valence-electron chi connectivity index (χ2n) is 3.43. The summed E-state index contributed by atoms with van der Waals surface area (Å²) in [7, 11) is 0. The van der Waals surface area contributed by atoms with Crippen molar-refractivity contribution in [2.24, 2.45) is 5.73 Å². The van der Waals surface area contributed by atoms with Gasteiger partial charge in [0.1, 0.15) is 5.82 Å². The topological polar surface area (TPSA) is 43.8 Å². The number of halogens is 1. The first-order chi connectivity index (χ1) is 5.81. The number of rotatable bonds is 1. The van der Waals surface area contributed by atoms with Crippen LogP contribution in [0.3, 0.4) is 0 Å². The van der Waals surface area contributed by atoms with Gasteiger partial charge in [-0.3, -0.25) is 0 Å². The number of nitrogens with two attached hydrogens (primary N) is 1. The third-order valence-corrected chi connectivity index (χ3v) is 2.53. The number of aromatic nitrogens is 2. The Hall–Kier alpha value is -0.540. The fraction of sp³-hybridized carbons (Fsp3) is 0.667. The molecule has 2 N–H and O–H groups in total. The van der Waals surface area contributed by atoms with Crippen molar-refractivity contribution in [2.75, 3.05) is 0 Å². The van der Waals surface area contributed by atoms with Gasteiger partial charge in [-0.05, 0) is 12.8 Å². The Kier molecular flexibility index (Phi) is 3.33. The summed E-state index contributed by atoms with van der Waals surface area (Å²) in [6.45, 7) is 3.09. The number of hydrogen-bond donors (Lipinski definition) is 1. The highest BCUT2D eigenvalue weighted by Gasteiger charge is 2.17. The summed E-state index contributed by atoms with van der Waals surface area (Å²) in [5.74, 6) is 1.18. The van der Waals surface area contributed by atoms with E-state index in [9.17, 15) is 0 Å². The Morgan fingerprint density at radius 2 is 2.46 bits per heavy atom. The van der Waals surface area contributed by atoms with E-state index in [0.717, 1.165) is 25.8 Å². The predicted molar refractivity (Wildman–Crippen MR) is 55.1 cm³/mol. The molecule has 0 aromatic carbocycles. The van der Waals surface area contributed by atoms with Crippen LogP contribution in [-0.4, -0.2) is 15.6 Å². The zero-order chi connectivity index (χ0) is 8.55. The van der Waals surface area contributed by atoms with Crippen LogP contribution in [0.5, 0.6) is 0 Å². The summed E-state index contributed by atoms with van der Waals surface area (Å²) in [6, 6.07) is 0.331. The molecule has 1 aromatic heterocycles. The monoisotopic (exact) mass is 201 g/mol. The molecule has 3 nitrogen and oxygen atoms in total.